The number of hydrogen-bond donors (Lipinski definition) is 0. The summed E-state index contributed by atoms with van der Waals surface area (Å²) in [5, 5.41) is 0. The van der Waals surface area contributed by atoms with Crippen molar-refractivity contribution in [1.29, 1.82) is 0 Å². The van der Waals surface area contributed by atoms with E-state index in [-0.39, 0.29) is 30.0 Å². The number of hydrogen-bond acceptors (Lipinski definition) is 3. The summed E-state index contributed by atoms with van der Waals surface area (Å²) in [7, 11) is 0. The summed E-state index contributed by atoms with van der Waals surface area (Å²) in [5.41, 5.74) is 2.63. The third-order valence-corrected chi connectivity index (χ3v) is 6.11. The van der Waals surface area contributed by atoms with Gasteiger partial charge in [0.25, 0.3) is 0 Å². The Labute approximate surface area is 177 Å². The van der Waals surface area contributed by atoms with Gasteiger partial charge >= 0.3 is 0 Å². The first kappa shape index (κ1) is 20.4. The Kier molecular flexibility index (Phi) is 5.75. The van der Waals surface area contributed by atoms with E-state index in [0.29, 0.717) is 44.3 Å². The van der Waals surface area contributed by atoms with Crippen LogP contribution in [0.15, 0.2) is 48.5 Å². The molecule has 2 amide bonds. The highest BCUT2D eigenvalue weighted by molar-refractivity contribution is 6.00. The number of carbonyl (C=O) groups excluding carboxylic acids is 2. The molecule has 2 heterocycles. The van der Waals surface area contributed by atoms with Gasteiger partial charge < -0.3 is 14.7 Å². The van der Waals surface area contributed by atoms with Gasteiger partial charge in [0, 0.05) is 44.8 Å². The van der Waals surface area contributed by atoms with Crippen LogP contribution in [0, 0.1) is 11.7 Å². The average Bonchev–Trinajstić information content (AvgIpc) is 3.15. The quantitative estimate of drug-likeness (QED) is 0.774. The number of piperazine rings is 1. The van der Waals surface area contributed by atoms with Crippen LogP contribution in [0.4, 0.5) is 15.8 Å². The Morgan fingerprint density at radius 1 is 1.03 bits per heavy atom. The van der Waals surface area contributed by atoms with Gasteiger partial charge in [-0.1, -0.05) is 38.1 Å². The van der Waals surface area contributed by atoms with Crippen LogP contribution < -0.4 is 9.80 Å². The molecular weight excluding hydrogens is 381 g/mol. The molecule has 0 spiro atoms. The number of anilines is 2. The highest BCUT2D eigenvalue weighted by atomic mass is 19.1. The van der Waals surface area contributed by atoms with E-state index in [1.54, 1.807) is 17.0 Å². The van der Waals surface area contributed by atoms with Crippen LogP contribution in [0.1, 0.15) is 31.7 Å². The van der Waals surface area contributed by atoms with E-state index in [1.807, 2.05) is 34.1 Å². The van der Waals surface area contributed by atoms with Crippen molar-refractivity contribution in [3.8, 4) is 0 Å². The van der Waals surface area contributed by atoms with E-state index in [9.17, 15) is 14.0 Å². The van der Waals surface area contributed by atoms with Crippen molar-refractivity contribution >= 4 is 23.2 Å². The molecule has 2 saturated heterocycles. The lowest BCUT2D eigenvalue weighted by Gasteiger charge is -2.37. The molecule has 5 nitrogen and oxygen atoms in total. The second kappa shape index (κ2) is 8.46. The molecule has 2 aliphatic heterocycles. The fourth-order valence-corrected chi connectivity index (χ4v) is 4.31. The van der Waals surface area contributed by atoms with Crippen molar-refractivity contribution in [3.05, 3.63) is 59.9 Å². The van der Waals surface area contributed by atoms with E-state index in [1.165, 1.54) is 11.6 Å². The molecule has 0 saturated carbocycles. The van der Waals surface area contributed by atoms with Gasteiger partial charge in [0.05, 0.1) is 11.6 Å². The summed E-state index contributed by atoms with van der Waals surface area (Å²) in [6.07, 6.45) is 0.248. The minimum Gasteiger partial charge on any atom is -0.366 e. The van der Waals surface area contributed by atoms with Crippen LogP contribution in [-0.4, -0.2) is 49.4 Å². The van der Waals surface area contributed by atoms with Crippen LogP contribution in [-0.2, 0) is 9.59 Å². The molecule has 1 unspecified atom stereocenters. The van der Waals surface area contributed by atoms with Crippen LogP contribution in [0.5, 0.6) is 0 Å². The summed E-state index contributed by atoms with van der Waals surface area (Å²) in [5.74, 6) is -0.151. The Morgan fingerprint density at radius 2 is 1.77 bits per heavy atom. The Hall–Kier alpha value is -2.89. The lowest BCUT2D eigenvalue weighted by atomic mass is 10.0. The summed E-state index contributed by atoms with van der Waals surface area (Å²) in [6.45, 7) is 6.94. The lowest BCUT2D eigenvalue weighted by Crippen LogP contribution is -2.51. The van der Waals surface area contributed by atoms with E-state index in [4.69, 9.17) is 0 Å². The minimum absolute atomic E-state index is 0.000696. The zero-order chi connectivity index (χ0) is 21.3. The smallest absolute Gasteiger partial charge is 0.228 e. The zero-order valence-electron chi connectivity index (χ0n) is 17.6. The number of nitrogens with zero attached hydrogens (tertiary/aromatic N) is 3. The molecule has 2 aliphatic rings. The van der Waals surface area contributed by atoms with Crippen molar-refractivity contribution in [2.24, 2.45) is 5.92 Å². The number of para-hydroxylation sites is 1. The molecular formula is C24H28FN3O2. The summed E-state index contributed by atoms with van der Waals surface area (Å²) < 4.78 is 14.0. The van der Waals surface area contributed by atoms with Gasteiger partial charge in [-0.15, -0.1) is 0 Å². The normalized spacial score (nSPS) is 19.7. The predicted octanol–water partition coefficient (Wildman–Crippen LogP) is 3.65. The monoisotopic (exact) mass is 409 g/mol. The molecule has 30 heavy (non-hydrogen) atoms. The van der Waals surface area contributed by atoms with Gasteiger partial charge in [0.1, 0.15) is 5.82 Å². The van der Waals surface area contributed by atoms with Gasteiger partial charge in [0.2, 0.25) is 11.8 Å². The van der Waals surface area contributed by atoms with E-state index < -0.39 is 0 Å². The van der Waals surface area contributed by atoms with E-state index >= 15 is 0 Å². The molecule has 158 valence electrons. The fourth-order valence-electron chi connectivity index (χ4n) is 4.31. The predicted molar refractivity (Wildman–Crippen MR) is 116 cm³/mol. The maximum atomic E-state index is 14.0. The molecule has 0 aromatic heterocycles. The van der Waals surface area contributed by atoms with Crippen LogP contribution >= 0.6 is 0 Å². The third-order valence-electron chi connectivity index (χ3n) is 6.11. The Morgan fingerprint density at radius 3 is 2.47 bits per heavy atom. The second-order valence-electron chi connectivity index (χ2n) is 8.42. The molecule has 0 aliphatic carbocycles. The SMILES string of the molecule is CC(C)c1cccc(N2CC(C(=O)N3CCN(c4ccccc4F)CC3)CC2=O)c1. The van der Waals surface area contributed by atoms with Gasteiger partial charge in [-0.3, -0.25) is 9.59 Å². The van der Waals surface area contributed by atoms with Crippen LogP contribution in [0.2, 0.25) is 0 Å². The summed E-state index contributed by atoms with van der Waals surface area (Å²) in [4.78, 5) is 31.2. The zero-order valence-corrected chi connectivity index (χ0v) is 17.6. The third kappa shape index (κ3) is 4.04. The lowest BCUT2D eigenvalue weighted by molar-refractivity contribution is -0.136. The Balaban J connectivity index is 1.39. The van der Waals surface area contributed by atoms with Crippen molar-refractivity contribution in [1.82, 2.24) is 4.90 Å². The highest BCUT2D eigenvalue weighted by Crippen LogP contribution is 2.29. The topological polar surface area (TPSA) is 43.9 Å². The number of amides is 2. The van der Waals surface area contributed by atoms with Crippen molar-refractivity contribution < 1.29 is 14.0 Å². The number of carbonyl (C=O) groups is 2. The Bertz CT molecular complexity index is 938. The standard InChI is InChI=1S/C24H28FN3O2/c1-17(2)18-6-5-7-20(14-18)28-16-19(15-23(28)29)24(30)27-12-10-26(11-13-27)22-9-4-3-8-21(22)25/h3-9,14,17,19H,10-13,15-16H2,1-2H3. The largest absolute Gasteiger partial charge is 0.366 e. The molecule has 2 aromatic rings. The van der Waals surface area contributed by atoms with Crippen LogP contribution in [0.3, 0.4) is 0 Å². The molecule has 2 fully saturated rings. The average molecular weight is 410 g/mol. The van der Waals surface area contributed by atoms with Gasteiger partial charge in [0.15, 0.2) is 0 Å². The van der Waals surface area contributed by atoms with Crippen molar-refractivity contribution in [2.75, 3.05) is 42.5 Å². The fraction of sp³-hybridized carbons (Fsp3) is 0.417. The second-order valence-corrected chi connectivity index (χ2v) is 8.42. The molecule has 0 N–H and O–H groups in total. The molecule has 0 radical (unpaired) electrons. The molecule has 2 aromatic carbocycles. The summed E-state index contributed by atoms with van der Waals surface area (Å²) >= 11 is 0. The molecule has 1 atom stereocenters. The maximum Gasteiger partial charge on any atom is 0.228 e. The number of rotatable bonds is 4. The van der Waals surface area contributed by atoms with E-state index in [0.717, 1.165) is 5.69 Å². The first-order valence-corrected chi connectivity index (χ1v) is 10.6. The molecule has 0 bridgehead atoms. The van der Waals surface area contributed by atoms with Gasteiger partial charge in [-0.05, 0) is 35.7 Å². The number of benzene rings is 2. The molecule has 6 heteroatoms. The maximum absolute atomic E-state index is 14.0. The first-order chi connectivity index (χ1) is 14.4. The minimum atomic E-state index is -0.319. The summed E-state index contributed by atoms with van der Waals surface area (Å²) in [6, 6.07) is 14.7. The van der Waals surface area contributed by atoms with Crippen molar-refractivity contribution in [3.63, 3.8) is 0 Å². The van der Waals surface area contributed by atoms with Crippen molar-refractivity contribution in [2.45, 2.75) is 26.2 Å². The van der Waals surface area contributed by atoms with Crippen LogP contribution in [0.25, 0.3) is 0 Å². The number of halogens is 1. The van der Waals surface area contributed by atoms with Gasteiger partial charge in [-0.2, -0.15) is 0 Å². The highest BCUT2D eigenvalue weighted by Gasteiger charge is 2.38. The van der Waals surface area contributed by atoms with Gasteiger partial charge in [-0.25, -0.2) is 4.39 Å². The first-order valence-electron chi connectivity index (χ1n) is 10.6. The molecule has 4 rings (SSSR count). The van der Waals surface area contributed by atoms with E-state index in [2.05, 4.69) is 19.9 Å².